The van der Waals surface area contributed by atoms with Gasteiger partial charge in [0, 0.05) is 37.4 Å². The fourth-order valence-electron chi connectivity index (χ4n) is 3.95. The first kappa shape index (κ1) is 22.2. The molecule has 0 unspecified atom stereocenters. The molecule has 0 radical (unpaired) electrons. The molecule has 1 aliphatic heterocycles. The van der Waals surface area contributed by atoms with Crippen LogP contribution in [0.15, 0.2) is 59.5 Å². The Morgan fingerprint density at radius 2 is 1.59 bits per heavy atom. The number of aromatic nitrogens is 2. The molecule has 0 N–H and O–H groups in total. The largest absolute Gasteiger partial charge is 0.340 e. The van der Waals surface area contributed by atoms with Gasteiger partial charge in [-0.2, -0.15) is 9.40 Å². The number of rotatable bonds is 5. The van der Waals surface area contributed by atoms with Gasteiger partial charge in [0.15, 0.2) is 0 Å². The van der Waals surface area contributed by atoms with Crippen molar-refractivity contribution >= 4 is 15.9 Å². The number of piperazine rings is 1. The number of hydrogen-bond donors (Lipinski definition) is 0. The zero-order chi connectivity index (χ0) is 22.9. The van der Waals surface area contributed by atoms with E-state index in [9.17, 15) is 17.6 Å². The van der Waals surface area contributed by atoms with Gasteiger partial charge >= 0.3 is 0 Å². The van der Waals surface area contributed by atoms with Crippen LogP contribution in [0.3, 0.4) is 0 Å². The van der Waals surface area contributed by atoms with Crippen molar-refractivity contribution in [1.29, 1.82) is 0 Å². The van der Waals surface area contributed by atoms with Gasteiger partial charge in [-0.1, -0.05) is 18.2 Å². The van der Waals surface area contributed by atoms with Gasteiger partial charge in [-0.05, 0) is 50.2 Å². The number of amides is 1. The van der Waals surface area contributed by atoms with E-state index in [0.717, 1.165) is 22.6 Å². The van der Waals surface area contributed by atoms with Crippen molar-refractivity contribution in [3.63, 3.8) is 0 Å². The monoisotopic (exact) mass is 456 g/mol. The summed E-state index contributed by atoms with van der Waals surface area (Å²) in [6.45, 7) is 4.94. The maximum atomic E-state index is 13.2. The highest BCUT2D eigenvalue weighted by Gasteiger charge is 2.30. The van der Waals surface area contributed by atoms with E-state index in [-0.39, 0.29) is 36.1 Å². The molecule has 7 nitrogen and oxygen atoms in total. The molecule has 0 bridgehead atoms. The highest BCUT2D eigenvalue weighted by atomic mass is 32.2. The summed E-state index contributed by atoms with van der Waals surface area (Å²) in [5.41, 5.74) is 3.13. The summed E-state index contributed by atoms with van der Waals surface area (Å²) in [6, 6.07) is 14.4. The zero-order valence-electron chi connectivity index (χ0n) is 18.0. The van der Waals surface area contributed by atoms with E-state index in [4.69, 9.17) is 0 Å². The molecule has 1 aromatic heterocycles. The summed E-state index contributed by atoms with van der Waals surface area (Å²) in [6.07, 6.45) is 0.185. The van der Waals surface area contributed by atoms with E-state index >= 15 is 0 Å². The van der Waals surface area contributed by atoms with Crippen molar-refractivity contribution in [2.24, 2.45) is 0 Å². The molecule has 1 aliphatic rings. The van der Waals surface area contributed by atoms with E-state index in [0.29, 0.717) is 13.1 Å². The lowest BCUT2D eigenvalue weighted by Gasteiger charge is -2.34. The van der Waals surface area contributed by atoms with E-state index in [2.05, 4.69) is 5.10 Å². The third-order valence-electron chi connectivity index (χ3n) is 5.81. The van der Waals surface area contributed by atoms with E-state index < -0.39 is 10.0 Å². The molecule has 9 heteroatoms. The van der Waals surface area contributed by atoms with Crippen LogP contribution in [0, 0.1) is 19.7 Å². The van der Waals surface area contributed by atoms with Crippen molar-refractivity contribution in [3.05, 3.63) is 77.4 Å². The molecule has 32 heavy (non-hydrogen) atoms. The first-order chi connectivity index (χ1) is 15.3. The second kappa shape index (κ2) is 8.84. The lowest BCUT2D eigenvalue weighted by atomic mass is 10.1. The Bertz CT molecular complexity index is 1220. The molecule has 2 heterocycles. The van der Waals surface area contributed by atoms with Crippen LogP contribution in [0.25, 0.3) is 5.69 Å². The number of nitrogens with zero attached hydrogens (tertiary/aromatic N) is 4. The minimum atomic E-state index is -3.56. The van der Waals surface area contributed by atoms with Crippen molar-refractivity contribution in [2.75, 3.05) is 26.2 Å². The summed E-state index contributed by atoms with van der Waals surface area (Å²) < 4.78 is 42.0. The van der Waals surface area contributed by atoms with Crippen molar-refractivity contribution in [1.82, 2.24) is 19.0 Å². The van der Waals surface area contributed by atoms with Gasteiger partial charge in [0.1, 0.15) is 5.82 Å². The van der Waals surface area contributed by atoms with Crippen LogP contribution in [-0.2, 0) is 21.2 Å². The van der Waals surface area contributed by atoms with Gasteiger partial charge in [0.25, 0.3) is 0 Å². The van der Waals surface area contributed by atoms with Crippen LogP contribution >= 0.6 is 0 Å². The van der Waals surface area contributed by atoms with E-state index in [1.54, 1.807) is 52.0 Å². The number of carbonyl (C=O) groups excluding carboxylic acids is 1. The predicted molar refractivity (Wildman–Crippen MR) is 118 cm³/mol. The second-order valence-corrected chi connectivity index (χ2v) is 9.75. The van der Waals surface area contributed by atoms with Gasteiger partial charge in [0.05, 0.1) is 22.7 Å². The van der Waals surface area contributed by atoms with E-state index in [1.165, 1.54) is 16.4 Å². The molecule has 0 saturated carbocycles. The number of sulfonamides is 1. The summed E-state index contributed by atoms with van der Waals surface area (Å²) in [4.78, 5) is 14.9. The highest BCUT2D eigenvalue weighted by Crippen LogP contribution is 2.21. The average molecular weight is 457 g/mol. The highest BCUT2D eigenvalue weighted by molar-refractivity contribution is 7.89. The second-order valence-electron chi connectivity index (χ2n) is 7.81. The molecule has 0 spiro atoms. The fourth-order valence-corrected chi connectivity index (χ4v) is 5.39. The quantitative estimate of drug-likeness (QED) is 0.592. The molecule has 2 aromatic carbocycles. The Morgan fingerprint density at radius 1 is 0.969 bits per heavy atom. The van der Waals surface area contributed by atoms with Gasteiger partial charge < -0.3 is 4.90 Å². The standard InChI is InChI=1S/C23H25FN4O3S/c1-17-22(18(2)28(25-17)20-10-8-19(24)9-11-20)16-23(29)26-12-14-27(15-13-26)32(30,31)21-6-4-3-5-7-21/h3-11H,12-16H2,1-2H3. The summed E-state index contributed by atoms with van der Waals surface area (Å²) in [5, 5.41) is 4.52. The number of carbonyl (C=O) groups is 1. The number of aryl methyl sites for hydroxylation is 1. The lowest BCUT2D eigenvalue weighted by Crippen LogP contribution is -2.50. The van der Waals surface area contributed by atoms with Gasteiger partial charge in [-0.25, -0.2) is 17.5 Å². The smallest absolute Gasteiger partial charge is 0.243 e. The molecule has 0 atom stereocenters. The van der Waals surface area contributed by atoms with Crippen molar-refractivity contribution in [2.45, 2.75) is 25.2 Å². The number of benzene rings is 2. The predicted octanol–water partition coefficient (Wildman–Crippen LogP) is 2.70. The first-order valence-electron chi connectivity index (χ1n) is 10.4. The summed E-state index contributed by atoms with van der Waals surface area (Å²) in [7, 11) is -3.56. The van der Waals surface area contributed by atoms with E-state index in [1.807, 2.05) is 13.8 Å². The lowest BCUT2D eigenvalue weighted by molar-refractivity contribution is -0.131. The molecule has 1 amide bonds. The third kappa shape index (κ3) is 4.31. The Hall–Kier alpha value is -3.04. The Balaban J connectivity index is 1.43. The van der Waals surface area contributed by atoms with Crippen LogP contribution in [-0.4, -0.2) is 59.5 Å². The Labute approximate surface area is 187 Å². The van der Waals surface area contributed by atoms with Crippen LogP contribution in [0.1, 0.15) is 17.0 Å². The zero-order valence-corrected chi connectivity index (χ0v) is 18.8. The Morgan fingerprint density at radius 3 is 2.22 bits per heavy atom. The van der Waals surface area contributed by atoms with Crippen molar-refractivity contribution in [3.8, 4) is 5.69 Å². The van der Waals surface area contributed by atoms with Crippen molar-refractivity contribution < 1.29 is 17.6 Å². The van der Waals surface area contributed by atoms with Crippen LogP contribution in [0.4, 0.5) is 4.39 Å². The van der Waals surface area contributed by atoms with Gasteiger partial charge in [0.2, 0.25) is 15.9 Å². The van der Waals surface area contributed by atoms with Crippen LogP contribution in [0.5, 0.6) is 0 Å². The first-order valence-corrected chi connectivity index (χ1v) is 11.9. The minimum Gasteiger partial charge on any atom is -0.340 e. The number of hydrogen-bond acceptors (Lipinski definition) is 4. The summed E-state index contributed by atoms with van der Waals surface area (Å²) >= 11 is 0. The van der Waals surface area contributed by atoms with Gasteiger partial charge in [-0.3, -0.25) is 4.79 Å². The minimum absolute atomic E-state index is 0.0633. The maximum absolute atomic E-state index is 13.2. The molecule has 3 aromatic rings. The topological polar surface area (TPSA) is 75.5 Å². The Kier molecular flexibility index (Phi) is 6.12. The fraction of sp³-hybridized carbons (Fsp3) is 0.304. The maximum Gasteiger partial charge on any atom is 0.243 e. The normalized spacial score (nSPS) is 15.2. The SMILES string of the molecule is Cc1nn(-c2ccc(F)cc2)c(C)c1CC(=O)N1CCN(S(=O)(=O)c2ccccc2)CC1. The van der Waals surface area contributed by atoms with Gasteiger partial charge in [-0.15, -0.1) is 0 Å². The van der Waals surface area contributed by atoms with Crippen LogP contribution < -0.4 is 0 Å². The molecule has 1 saturated heterocycles. The molecule has 168 valence electrons. The average Bonchev–Trinajstić information content (AvgIpc) is 3.08. The van der Waals surface area contributed by atoms with Crippen LogP contribution in [0.2, 0.25) is 0 Å². The molecule has 4 rings (SSSR count). The molecular weight excluding hydrogens is 431 g/mol. The summed E-state index contributed by atoms with van der Waals surface area (Å²) in [5.74, 6) is -0.384. The third-order valence-corrected chi connectivity index (χ3v) is 7.73. The molecule has 1 fully saturated rings. The number of halogens is 1. The molecular formula is C23H25FN4O3S. The molecule has 0 aliphatic carbocycles.